The molecule has 1 heterocycles. The van der Waals surface area contributed by atoms with Crippen molar-refractivity contribution in [1.29, 1.82) is 0 Å². The average Bonchev–Trinajstić information content (AvgIpc) is 2.31. The zero-order valence-electron chi connectivity index (χ0n) is 5.92. The first kappa shape index (κ1) is 7.69. The van der Waals surface area contributed by atoms with Gasteiger partial charge in [0.15, 0.2) is 0 Å². The molecule has 3 heteroatoms. The number of hydrogen-bond acceptors (Lipinski definition) is 3. The van der Waals surface area contributed by atoms with Gasteiger partial charge in [-0.3, -0.25) is 0 Å². The van der Waals surface area contributed by atoms with Gasteiger partial charge in [0.1, 0.15) is 11.5 Å². The Morgan fingerprint density at radius 2 is 2.40 bits per heavy atom. The number of hydrogen-bond donors (Lipinski definition) is 2. The second-order valence-electron chi connectivity index (χ2n) is 2.10. The molecule has 1 N–H and O–H groups in total. The molecule has 56 valence electrons. The largest absolute Gasteiger partial charge is 0.465 e. The smallest absolute Gasteiger partial charge is 0.117 e. The summed E-state index contributed by atoms with van der Waals surface area (Å²) in [6.07, 6.45) is 0. The second-order valence-corrected chi connectivity index (χ2v) is 2.41. The minimum atomic E-state index is 0.680. The molecule has 0 amide bonds. The minimum absolute atomic E-state index is 0.680. The quantitative estimate of drug-likeness (QED) is 0.514. The van der Waals surface area contributed by atoms with E-state index in [1.807, 2.05) is 19.1 Å². The second kappa shape index (κ2) is 3.68. The Kier molecular flexibility index (Phi) is 2.83. The van der Waals surface area contributed by atoms with Crippen molar-refractivity contribution in [2.24, 2.45) is 0 Å². The van der Waals surface area contributed by atoms with Crippen LogP contribution in [0.25, 0.3) is 0 Å². The summed E-state index contributed by atoms with van der Waals surface area (Å²) in [7, 11) is 0. The molecule has 1 aromatic heterocycles. The van der Waals surface area contributed by atoms with Gasteiger partial charge in [-0.05, 0) is 19.1 Å². The van der Waals surface area contributed by atoms with E-state index in [1.54, 1.807) is 0 Å². The topological polar surface area (TPSA) is 25.2 Å². The predicted octanol–water partition coefficient (Wildman–Crippen LogP) is 1.56. The molecule has 0 aliphatic carbocycles. The maximum Gasteiger partial charge on any atom is 0.117 e. The van der Waals surface area contributed by atoms with Gasteiger partial charge in [-0.25, -0.2) is 0 Å². The third-order valence-electron chi connectivity index (χ3n) is 1.21. The van der Waals surface area contributed by atoms with Gasteiger partial charge in [0.2, 0.25) is 0 Å². The van der Waals surface area contributed by atoms with Crippen LogP contribution in [0.4, 0.5) is 0 Å². The van der Waals surface area contributed by atoms with E-state index in [4.69, 9.17) is 4.42 Å². The van der Waals surface area contributed by atoms with Crippen LogP contribution in [0.2, 0.25) is 0 Å². The standard InChI is InChI=1S/C7H11NOS/c1-6-2-3-7(9-6)4-8-5-10/h2-3,8,10H,4-5H2,1H3. The van der Waals surface area contributed by atoms with Crippen LogP contribution >= 0.6 is 12.6 Å². The van der Waals surface area contributed by atoms with Gasteiger partial charge in [-0.1, -0.05) is 0 Å². The molecule has 0 aliphatic rings. The highest BCUT2D eigenvalue weighted by molar-refractivity contribution is 7.80. The first-order valence-corrected chi connectivity index (χ1v) is 3.83. The van der Waals surface area contributed by atoms with Crippen LogP contribution in [0.15, 0.2) is 16.5 Å². The Morgan fingerprint density at radius 3 is 2.90 bits per heavy atom. The molecule has 0 radical (unpaired) electrons. The third-order valence-corrected chi connectivity index (χ3v) is 1.43. The molecule has 0 aromatic carbocycles. The lowest BCUT2D eigenvalue weighted by Crippen LogP contribution is -2.09. The summed E-state index contributed by atoms with van der Waals surface area (Å²) >= 11 is 4.00. The third kappa shape index (κ3) is 2.08. The number of aryl methyl sites for hydroxylation is 1. The van der Waals surface area contributed by atoms with Crippen molar-refractivity contribution in [3.05, 3.63) is 23.7 Å². The molecule has 10 heavy (non-hydrogen) atoms. The fraction of sp³-hybridized carbons (Fsp3) is 0.429. The van der Waals surface area contributed by atoms with Crippen LogP contribution in [-0.2, 0) is 6.54 Å². The van der Waals surface area contributed by atoms with Gasteiger partial charge in [0.05, 0.1) is 6.54 Å². The Morgan fingerprint density at radius 1 is 1.60 bits per heavy atom. The number of thiol groups is 1. The van der Waals surface area contributed by atoms with E-state index >= 15 is 0 Å². The van der Waals surface area contributed by atoms with E-state index in [0.717, 1.165) is 18.1 Å². The fourth-order valence-corrected chi connectivity index (χ4v) is 0.871. The minimum Gasteiger partial charge on any atom is -0.465 e. The molecule has 2 nitrogen and oxygen atoms in total. The van der Waals surface area contributed by atoms with Gasteiger partial charge < -0.3 is 9.73 Å². The van der Waals surface area contributed by atoms with E-state index in [0.29, 0.717) is 5.88 Å². The zero-order valence-corrected chi connectivity index (χ0v) is 6.82. The van der Waals surface area contributed by atoms with E-state index in [2.05, 4.69) is 17.9 Å². The van der Waals surface area contributed by atoms with Crippen LogP contribution in [0, 0.1) is 6.92 Å². The number of rotatable bonds is 3. The SMILES string of the molecule is Cc1ccc(CNCS)o1. The van der Waals surface area contributed by atoms with Crippen molar-refractivity contribution in [3.8, 4) is 0 Å². The summed E-state index contributed by atoms with van der Waals surface area (Å²) in [5.41, 5.74) is 0. The summed E-state index contributed by atoms with van der Waals surface area (Å²) < 4.78 is 5.29. The first-order chi connectivity index (χ1) is 4.83. The normalized spacial score (nSPS) is 10.2. The maximum absolute atomic E-state index is 5.29. The highest BCUT2D eigenvalue weighted by atomic mass is 32.1. The van der Waals surface area contributed by atoms with Crippen molar-refractivity contribution in [1.82, 2.24) is 5.32 Å². The van der Waals surface area contributed by atoms with E-state index < -0.39 is 0 Å². The molecule has 0 saturated heterocycles. The summed E-state index contributed by atoms with van der Waals surface area (Å²) in [5, 5.41) is 3.05. The Bertz CT molecular complexity index is 197. The van der Waals surface area contributed by atoms with E-state index in [9.17, 15) is 0 Å². The molecule has 0 atom stereocenters. The lowest BCUT2D eigenvalue weighted by Gasteiger charge is -1.94. The van der Waals surface area contributed by atoms with Crippen molar-refractivity contribution in [2.75, 3.05) is 5.88 Å². The molecule has 0 spiro atoms. The monoisotopic (exact) mass is 157 g/mol. The van der Waals surface area contributed by atoms with Crippen LogP contribution in [0.3, 0.4) is 0 Å². The molecular formula is C7H11NOS. The molecule has 1 rings (SSSR count). The van der Waals surface area contributed by atoms with Crippen molar-refractivity contribution in [3.63, 3.8) is 0 Å². The summed E-state index contributed by atoms with van der Waals surface area (Å²) in [4.78, 5) is 0. The molecule has 1 aromatic rings. The van der Waals surface area contributed by atoms with Gasteiger partial charge in [0.25, 0.3) is 0 Å². The zero-order chi connectivity index (χ0) is 7.40. The molecule has 0 fully saturated rings. The number of nitrogens with one attached hydrogen (secondary N) is 1. The van der Waals surface area contributed by atoms with Crippen LogP contribution in [0.5, 0.6) is 0 Å². The molecule has 0 bridgehead atoms. The van der Waals surface area contributed by atoms with Crippen molar-refractivity contribution >= 4 is 12.6 Å². The lowest BCUT2D eigenvalue weighted by atomic mass is 10.4. The molecule has 0 unspecified atom stereocenters. The van der Waals surface area contributed by atoms with Gasteiger partial charge in [-0.2, -0.15) is 12.6 Å². The highest BCUT2D eigenvalue weighted by Crippen LogP contribution is 2.04. The van der Waals surface area contributed by atoms with Crippen LogP contribution < -0.4 is 5.32 Å². The van der Waals surface area contributed by atoms with Gasteiger partial charge >= 0.3 is 0 Å². The average molecular weight is 157 g/mol. The van der Waals surface area contributed by atoms with Gasteiger partial charge in [-0.15, -0.1) is 0 Å². The predicted molar refractivity (Wildman–Crippen MR) is 44.1 cm³/mol. The van der Waals surface area contributed by atoms with Crippen LogP contribution in [0.1, 0.15) is 11.5 Å². The van der Waals surface area contributed by atoms with Gasteiger partial charge in [0, 0.05) is 5.88 Å². The Labute approximate surface area is 66.0 Å². The Balaban J connectivity index is 2.42. The van der Waals surface area contributed by atoms with Crippen LogP contribution in [-0.4, -0.2) is 5.88 Å². The molecule has 0 aliphatic heterocycles. The lowest BCUT2D eigenvalue weighted by molar-refractivity contribution is 0.470. The highest BCUT2D eigenvalue weighted by Gasteiger charge is 1.94. The van der Waals surface area contributed by atoms with Crippen molar-refractivity contribution < 1.29 is 4.42 Å². The first-order valence-electron chi connectivity index (χ1n) is 3.20. The molecular weight excluding hydrogens is 146 g/mol. The fourth-order valence-electron chi connectivity index (χ4n) is 0.759. The maximum atomic E-state index is 5.29. The summed E-state index contributed by atoms with van der Waals surface area (Å²) in [5.74, 6) is 2.60. The van der Waals surface area contributed by atoms with Crippen molar-refractivity contribution in [2.45, 2.75) is 13.5 Å². The summed E-state index contributed by atoms with van der Waals surface area (Å²) in [6, 6.07) is 3.92. The molecule has 0 saturated carbocycles. The number of furan rings is 1. The van der Waals surface area contributed by atoms with E-state index in [-0.39, 0.29) is 0 Å². The van der Waals surface area contributed by atoms with E-state index in [1.165, 1.54) is 0 Å². The Hall–Kier alpha value is -0.410. The summed E-state index contributed by atoms with van der Waals surface area (Å²) in [6.45, 7) is 2.70.